The molecule has 3 nitrogen and oxygen atoms in total. The summed E-state index contributed by atoms with van der Waals surface area (Å²) in [5, 5.41) is 4.88. The fourth-order valence-corrected chi connectivity index (χ4v) is 7.59. The van der Waals surface area contributed by atoms with Crippen LogP contribution in [0, 0.1) is 0 Å². The van der Waals surface area contributed by atoms with Crippen LogP contribution in [0.1, 0.15) is 11.1 Å². The van der Waals surface area contributed by atoms with Gasteiger partial charge in [0, 0.05) is 27.7 Å². The Balaban J connectivity index is 1.29. The number of hydrogen-bond donors (Lipinski definition) is 0. The third kappa shape index (κ3) is 3.60. The molecule has 7 aromatic carbocycles. The molecule has 0 unspecified atom stereocenters. The molecule has 10 rings (SSSR count). The van der Waals surface area contributed by atoms with E-state index in [1.54, 1.807) is 0 Å². The number of furan rings is 1. The Bertz CT molecular complexity index is 2510. The third-order valence-electron chi connectivity index (χ3n) is 9.54. The second kappa shape index (κ2) is 9.72. The lowest BCUT2D eigenvalue weighted by Gasteiger charge is -2.42. The minimum atomic E-state index is 0.879. The number of benzene rings is 7. The first kappa shape index (κ1) is 25.3. The predicted molar refractivity (Wildman–Crippen MR) is 192 cm³/mol. The highest BCUT2D eigenvalue weighted by molar-refractivity contribution is 6.13. The van der Waals surface area contributed by atoms with Crippen LogP contribution in [0.3, 0.4) is 0 Å². The molecule has 0 radical (unpaired) electrons. The van der Waals surface area contributed by atoms with Gasteiger partial charge in [0.15, 0.2) is 0 Å². The zero-order chi connectivity index (χ0) is 30.2. The quantitative estimate of drug-likeness (QED) is 0.205. The Labute approximate surface area is 266 Å². The van der Waals surface area contributed by atoms with Gasteiger partial charge in [-0.25, -0.2) is 0 Å². The van der Waals surface area contributed by atoms with Crippen molar-refractivity contribution in [2.75, 3.05) is 9.80 Å². The van der Waals surface area contributed by atoms with Gasteiger partial charge in [0.05, 0.1) is 22.7 Å². The van der Waals surface area contributed by atoms with E-state index in [0.29, 0.717) is 0 Å². The van der Waals surface area contributed by atoms with E-state index in [2.05, 4.69) is 161 Å². The number of allylic oxidation sites excluding steroid dienone is 1. The highest BCUT2D eigenvalue weighted by atomic mass is 16.3. The van der Waals surface area contributed by atoms with Crippen LogP contribution in [0.5, 0.6) is 0 Å². The average Bonchev–Trinajstić information content (AvgIpc) is 3.50. The van der Waals surface area contributed by atoms with E-state index in [0.717, 1.165) is 62.2 Å². The summed E-state index contributed by atoms with van der Waals surface area (Å²) in [5.74, 6) is 0. The zero-order valence-electron chi connectivity index (χ0n) is 25.0. The van der Waals surface area contributed by atoms with Crippen LogP contribution in [0.4, 0.5) is 34.1 Å². The van der Waals surface area contributed by atoms with Gasteiger partial charge in [-0.1, -0.05) is 109 Å². The van der Waals surface area contributed by atoms with Crippen LogP contribution in [0.2, 0.25) is 0 Å². The summed E-state index contributed by atoms with van der Waals surface area (Å²) in [6.45, 7) is 0. The summed E-state index contributed by atoms with van der Waals surface area (Å²) in [6.07, 6.45) is 5.45. The van der Waals surface area contributed by atoms with Gasteiger partial charge in [0.25, 0.3) is 0 Å². The lowest BCUT2D eigenvalue weighted by molar-refractivity contribution is 0.670. The number of fused-ring (bicyclic) bond motifs is 6. The van der Waals surface area contributed by atoms with Gasteiger partial charge in [-0.15, -0.1) is 0 Å². The Morgan fingerprint density at radius 2 is 1.28 bits per heavy atom. The summed E-state index contributed by atoms with van der Waals surface area (Å²) in [6, 6.07) is 52.3. The molecule has 0 fully saturated rings. The van der Waals surface area contributed by atoms with E-state index < -0.39 is 0 Å². The SMILES string of the molecule is C1=Cc2cccc3cc4c(c(c23)C1)N(c1ccccc1)c1ccc(-c2cccc3c2oc2ccccc23)cc1N4c1ccccc1. The molecular weight excluding hydrogens is 560 g/mol. The number of nitrogens with zero attached hydrogens (tertiary/aromatic N) is 2. The zero-order valence-corrected chi connectivity index (χ0v) is 25.0. The van der Waals surface area contributed by atoms with Gasteiger partial charge in [-0.2, -0.15) is 0 Å². The fraction of sp³-hybridized carbons (Fsp3) is 0.0233. The smallest absolute Gasteiger partial charge is 0.143 e. The molecule has 0 saturated carbocycles. The van der Waals surface area contributed by atoms with E-state index in [1.807, 2.05) is 6.07 Å². The summed E-state index contributed by atoms with van der Waals surface area (Å²) in [7, 11) is 0. The Morgan fingerprint density at radius 3 is 2.13 bits per heavy atom. The number of hydrogen-bond acceptors (Lipinski definition) is 3. The maximum absolute atomic E-state index is 6.51. The minimum Gasteiger partial charge on any atom is -0.455 e. The first-order valence-electron chi connectivity index (χ1n) is 15.8. The molecule has 8 aromatic rings. The fourth-order valence-electron chi connectivity index (χ4n) is 7.59. The van der Waals surface area contributed by atoms with Crippen LogP contribution in [0.25, 0.3) is 49.9 Å². The maximum atomic E-state index is 6.51. The largest absolute Gasteiger partial charge is 0.455 e. The average molecular weight is 589 g/mol. The number of rotatable bonds is 3. The van der Waals surface area contributed by atoms with Crippen molar-refractivity contribution in [3.05, 3.63) is 163 Å². The van der Waals surface area contributed by atoms with E-state index >= 15 is 0 Å². The first-order valence-corrected chi connectivity index (χ1v) is 15.8. The van der Waals surface area contributed by atoms with E-state index in [9.17, 15) is 0 Å². The van der Waals surface area contributed by atoms with Gasteiger partial charge in [-0.05, 0) is 82.4 Å². The molecular formula is C43H28N2O. The van der Waals surface area contributed by atoms with Crippen LogP contribution >= 0.6 is 0 Å². The summed E-state index contributed by atoms with van der Waals surface area (Å²) in [4.78, 5) is 4.92. The van der Waals surface area contributed by atoms with Gasteiger partial charge < -0.3 is 14.2 Å². The Kier molecular flexibility index (Phi) is 5.34. The van der Waals surface area contributed by atoms with Crippen molar-refractivity contribution in [2.45, 2.75) is 6.42 Å². The number of para-hydroxylation sites is 4. The molecule has 0 spiro atoms. The molecule has 0 N–H and O–H groups in total. The molecule has 0 bridgehead atoms. The molecule has 2 aliphatic rings. The van der Waals surface area contributed by atoms with E-state index in [-0.39, 0.29) is 0 Å². The number of anilines is 6. The molecule has 0 saturated heterocycles. The summed E-state index contributed by atoms with van der Waals surface area (Å²) < 4.78 is 6.51. The second-order valence-corrected chi connectivity index (χ2v) is 12.1. The summed E-state index contributed by atoms with van der Waals surface area (Å²) >= 11 is 0. The molecule has 46 heavy (non-hydrogen) atoms. The monoisotopic (exact) mass is 588 g/mol. The van der Waals surface area contributed by atoms with Gasteiger partial charge >= 0.3 is 0 Å². The third-order valence-corrected chi connectivity index (χ3v) is 9.54. The Hall–Kier alpha value is -6.06. The molecule has 1 aliphatic carbocycles. The van der Waals surface area contributed by atoms with E-state index in [4.69, 9.17) is 4.42 Å². The summed E-state index contributed by atoms with van der Waals surface area (Å²) in [5.41, 5.74) is 13.6. The molecule has 3 heteroatoms. The predicted octanol–water partition coefficient (Wildman–Crippen LogP) is 12.2. The van der Waals surface area contributed by atoms with Crippen molar-refractivity contribution in [1.29, 1.82) is 0 Å². The Morgan fingerprint density at radius 1 is 0.543 bits per heavy atom. The molecule has 1 aliphatic heterocycles. The first-order chi connectivity index (χ1) is 22.8. The van der Waals surface area contributed by atoms with Crippen molar-refractivity contribution in [2.24, 2.45) is 0 Å². The molecule has 2 heterocycles. The van der Waals surface area contributed by atoms with Gasteiger partial charge in [-0.3, -0.25) is 0 Å². The van der Waals surface area contributed by atoms with Crippen molar-refractivity contribution in [3.63, 3.8) is 0 Å². The van der Waals surface area contributed by atoms with Crippen molar-refractivity contribution >= 4 is 72.9 Å². The van der Waals surface area contributed by atoms with Crippen LogP contribution in [-0.2, 0) is 6.42 Å². The standard InChI is InChI=1S/C43H28N2O/c1-3-15-31(16-4-1)44-38-26-29(33-20-11-21-35-34-19-7-8-23-40(34)46-43(33)35)24-25-37(38)45(32-17-5-2-6-18-32)42-36-22-10-13-28-12-9-14-30(41(28)36)27-39(42)44/h1-21,23-27H,22H2. The minimum absolute atomic E-state index is 0.879. The molecule has 216 valence electrons. The van der Waals surface area contributed by atoms with Gasteiger partial charge in [0.1, 0.15) is 11.2 Å². The lowest BCUT2D eigenvalue weighted by atomic mass is 9.88. The topological polar surface area (TPSA) is 19.6 Å². The maximum Gasteiger partial charge on any atom is 0.143 e. The van der Waals surface area contributed by atoms with Crippen LogP contribution < -0.4 is 9.80 Å². The van der Waals surface area contributed by atoms with E-state index in [1.165, 1.54) is 33.3 Å². The van der Waals surface area contributed by atoms with Crippen LogP contribution in [-0.4, -0.2) is 0 Å². The normalized spacial score (nSPS) is 13.4. The second-order valence-electron chi connectivity index (χ2n) is 12.1. The van der Waals surface area contributed by atoms with Crippen molar-refractivity contribution in [1.82, 2.24) is 0 Å². The molecule has 1 aromatic heterocycles. The highest BCUT2D eigenvalue weighted by Crippen LogP contribution is 2.58. The highest BCUT2D eigenvalue weighted by Gasteiger charge is 2.34. The van der Waals surface area contributed by atoms with Gasteiger partial charge in [0.2, 0.25) is 0 Å². The van der Waals surface area contributed by atoms with Crippen molar-refractivity contribution < 1.29 is 4.42 Å². The lowest BCUT2D eigenvalue weighted by Crippen LogP contribution is -2.25. The molecule has 0 amide bonds. The van der Waals surface area contributed by atoms with Crippen LogP contribution in [0.15, 0.2) is 156 Å². The van der Waals surface area contributed by atoms with Crippen molar-refractivity contribution in [3.8, 4) is 11.1 Å². The molecule has 0 atom stereocenters.